The molecule has 10 heteroatoms. The normalized spacial score (nSPS) is 14.2. The first-order valence-corrected chi connectivity index (χ1v) is 12.8. The van der Waals surface area contributed by atoms with Crippen LogP contribution >= 0.6 is 0 Å². The molecule has 0 bridgehead atoms. The Morgan fingerprint density at radius 1 is 1.03 bits per heavy atom. The Bertz CT molecular complexity index is 1500. The number of anilines is 1. The third-order valence-corrected chi connectivity index (χ3v) is 6.95. The van der Waals surface area contributed by atoms with E-state index in [1.54, 1.807) is 30.3 Å². The number of halogens is 1. The van der Waals surface area contributed by atoms with Crippen LogP contribution in [0.3, 0.4) is 0 Å². The van der Waals surface area contributed by atoms with E-state index in [1.165, 1.54) is 47.0 Å². The molecule has 1 aliphatic rings. The van der Waals surface area contributed by atoms with Crippen LogP contribution in [-0.2, 0) is 20.9 Å². The number of hydrogen-bond acceptors (Lipinski definition) is 6. The summed E-state index contributed by atoms with van der Waals surface area (Å²) in [6.07, 6.45) is 3.63. The Kier molecular flexibility index (Phi) is 7.62. The lowest BCUT2D eigenvalue weighted by atomic mass is 10.0. The topological polar surface area (TPSA) is 106 Å². The molecule has 1 N–H and O–H groups in total. The summed E-state index contributed by atoms with van der Waals surface area (Å²) in [4.78, 5) is 41.2. The average molecular weight is 530 g/mol. The predicted molar refractivity (Wildman–Crippen MR) is 142 cm³/mol. The second-order valence-corrected chi connectivity index (χ2v) is 9.45. The SMILES string of the molecule is COC(=O)c1ccc(N(C(=O)Cn2nnc3ccccc32)C(C(=O)NC2CCCC2)c2ccccc2F)cc1. The van der Waals surface area contributed by atoms with Crippen molar-refractivity contribution in [3.63, 3.8) is 0 Å². The Morgan fingerprint density at radius 2 is 1.72 bits per heavy atom. The van der Waals surface area contributed by atoms with Gasteiger partial charge in [0.2, 0.25) is 11.8 Å². The number of carbonyl (C=O) groups is 3. The van der Waals surface area contributed by atoms with Crippen molar-refractivity contribution in [2.75, 3.05) is 12.0 Å². The van der Waals surface area contributed by atoms with Gasteiger partial charge in [0.25, 0.3) is 0 Å². The molecule has 1 atom stereocenters. The predicted octanol–water partition coefficient (Wildman–Crippen LogP) is 4.19. The summed E-state index contributed by atoms with van der Waals surface area (Å²) in [7, 11) is 1.27. The zero-order chi connectivity index (χ0) is 27.4. The molecule has 2 amide bonds. The number of carbonyl (C=O) groups excluding carboxylic acids is 3. The number of esters is 1. The van der Waals surface area contributed by atoms with E-state index in [4.69, 9.17) is 4.74 Å². The fourth-order valence-electron chi connectivity index (χ4n) is 5.00. The Morgan fingerprint density at radius 3 is 2.44 bits per heavy atom. The minimum atomic E-state index is -1.31. The summed E-state index contributed by atoms with van der Waals surface area (Å²) in [5.74, 6) is -2.15. The minimum absolute atomic E-state index is 0.0512. The number of hydrogen-bond donors (Lipinski definition) is 1. The van der Waals surface area contributed by atoms with Crippen molar-refractivity contribution in [3.05, 3.63) is 89.7 Å². The minimum Gasteiger partial charge on any atom is -0.465 e. The summed E-state index contributed by atoms with van der Waals surface area (Å²) in [6.45, 7) is -0.249. The van der Waals surface area contributed by atoms with Crippen LogP contribution in [0.25, 0.3) is 11.0 Å². The first kappa shape index (κ1) is 26.0. The van der Waals surface area contributed by atoms with Gasteiger partial charge in [0.1, 0.15) is 23.9 Å². The van der Waals surface area contributed by atoms with Crippen LogP contribution < -0.4 is 10.2 Å². The van der Waals surface area contributed by atoms with Crippen molar-refractivity contribution >= 4 is 34.5 Å². The molecule has 1 fully saturated rings. The number of nitrogens with zero attached hydrogens (tertiary/aromatic N) is 4. The van der Waals surface area contributed by atoms with E-state index in [0.29, 0.717) is 16.7 Å². The Balaban J connectivity index is 1.59. The maximum absolute atomic E-state index is 15.2. The molecule has 0 saturated heterocycles. The highest BCUT2D eigenvalue weighted by Gasteiger charge is 2.36. The Labute approximate surface area is 224 Å². The van der Waals surface area contributed by atoms with Gasteiger partial charge in [-0.3, -0.25) is 14.5 Å². The zero-order valence-electron chi connectivity index (χ0n) is 21.4. The average Bonchev–Trinajstić information content (AvgIpc) is 3.62. The molecule has 1 unspecified atom stereocenters. The van der Waals surface area contributed by atoms with Crippen LogP contribution in [0.5, 0.6) is 0 Å². The molecule has 0 radical (unpaired) electrons. The van der Waals surface area contributed by atoms with Gasteiger partial charge in [0.15, 0.2) is 0 Å². The van der Waals surface area contributed by atoms with Crippen LogP contribution in [0.4, 0.5) is 10.1 Å². The molecule has 4 aromatic rings. The number of para-hydroxylation sites is 1. The number of rotatable bonds is 8. The first-order valence-electron chi connectivity index (χ1n) is 12.8. The molecule has 39 heavy (non-hydrogen) atoms. The smallest absolute Gasteiger partial charge is 0.337 e. The van der Waals surface area contributed by atoms with Crippen molar-refractivity contribution < 1.29 is 23.5 Å². The molecule has 9 nitrogen and oxygen atoms in total. The molecule has 200 valence electrons. The molecule has 1 aliphatic carbocycles. The summed E-state index contributed by atoms with van der Waals surface area (Å²) in [5.41, 5.74) is 1.90. The largest absolute Gasteiger partial charge is 0.465 e. The summed E-state index contributed by atoms with van der Waals surface area (Å²) in [6, 6.07) is 17.9. The highest BCUT2D eigenvalue weighted by atomic mass is 19.1. The van der Waals surface area contributed by atoms with Gasteiger partial charge in [0.05, 0.1) is 18.2 Å². The highest BCUT2D eigenvalue weighted by Crippen LogP contribution is 2.31. The van der Waals surface area contributed by atoms with Gasteiger partial charge < -0.3 is 10.1 Å². The molecule has 5 rings (SSSR count). The van der Waals surface area contributed by atoms with Crippen LogP contribution in [0, 0.1) is 5.82 Å². The standard InChI is InChI=1S/C29H28FN5O4/c1-39-29(38)19-14-16-21(17-15-19)35(26(36)18-34-25-13-7-6-12-24(25)32-33-34)27(22-10-4-5-11-23(22)30)28(37)31-20-8-2-3-9-20/h4-7,10-17,20,27H,2-3,8-9,18H2,1H3,(H,31,37). The Hall–Kier alpha value is -4.60. The summed E-state index contributed by atoms with van der Waals surface area (Å²) < 4.78 is 21.5. The fraction of sp³-hybridized carbons (Fsp3) is 0.276. The maximum atomic E-state index is 15.2. The van der Waals surface area contributed by atoms with Gasteiger partial charge in [-0.05, 0) is 55.3 Å². The fourth-order valence-corrected chi connectivity index (χ4v) is 5.00. The van der Waals surface area contributed by atoms with E-state index >= 15 is 4.39 Å². The molecule has 0 spiro atoms. The van der Waals surface area contributed by atoms with Gasteiger partial charge in [0, 0.05) is 17.3 Å². The number of benzene rings is 3. The molecule has 1 saturated carbocycles. The van der Waals surface area contributed by atoms with E-state index in [-0.39, 0.29) is 23.7 Å². The lowest BCUT2D eigenvalue weighted by Gasteiger charge is -2.32. The van der Waals surface area contributed by atoms with Crippen LogP contribution in [-0.4, -0.2) is 45.9 Å². The first-order chi connectivity index (χ1) is 19.0. The van der Waals surface area contributed by atoms with E-state index < -0.39 is 29.6 Å². The number of ether oxygens (including phenoxy) is 1. The number of methoxy groups -OCH3 is 1. The van der Waals surface area contributed by atoms with Gasteiger partial charge >= 0.3 is 5.97 Å². The van der Waals surface area contributed by atoms with Gasteiger partial charge in [-0.15, -0.1) is 5.10 Å². The van der Waals surface area contributed by atoms with Crippen LogP contribution in [0.2, 0.25) is 0 Å². The summed E-state index contributed by atoms with van der Waals surface area (Å²) >= 11 is 0. The molecule has 0 aliphatic heterocycles. The quantitative estimate of drug-likeness (QED) is 0.343. The van der Waals surface area contributed by atoms with Crippen molar-refractivity contribution in [1.29, 1.82) is 0 Å². The molecule has 1 aromatic heterocycles. The second-order valence-electron chi connectivity index (χ2n) is 9.45. The van der Waals surface area contributed by atoms with E-state index in [2.05, 4.69) is 15.6 Å². The molecular formula is C29H28FN5O4. The monoisotopic (exact) mass is 529 g/mol. The van der Waals surface area contributed by atoms with E-state index in [9.17, 15) is 14.4 Å². The highest BCUT2D eigenvalue weighted by molar-refractivity contribution is 6.02. The number of aromatic nitrogens is 3. The lowest BCUT2D eigenvalue weighted by molar-refractivity contribution is -0.127. The van der Waals surface area contributed by atoms with Gasteiger partial charge in [-0.1, -0.05) is 48.4 Å². The molecule has 1 heterocycles. The number of amides is 2. The van der Waals surface area contributed by atoms with Crippen molar-refractivity contribution in [2.45, 2.75) is 44.3 Å². The number of nitrogens with one attached hydrogen (secondary N) is 1. The summed E-state index contributed by atoms with van der Waals surface area (Å²) in [5, 5.41) is 11.3. The van der Waals surface area contributed by atoms with E-state index in [0.717, 1.165) is 25.7 Å². The van der Waals surface area contributed by atoms with Crippen LogP contribution in [0.1, 0.15) is 47.6 Å². The van der Waals surface area contributed by atoms with E-state index in [1.807, 2.05) is 12.1 Å². The molecular weight excluding hydrogens is 501 g/mol. The second kappa shape index (κ2) is 11.4. The van der Waals surface area contributed by atoms with Crippen molar-refractivity contribution in [3.8, 4) is 0 Å². The maximum Gasteiger partial charge on any atom is 0.337 e. The number of fused-ring (bicyclic) bond motifs is 1. The van der Waals surface area contributed by atoms with Gasteiger partial charge in [-0.25, -0.2) is 13.9 Å². The van der Waals surface area contributed by atoms with Gasteiger partial charge in [-0.2, -0.15) is 0 Å². The lowest BCUT2D eigenvalue weighted by Crippen LogP contribution is -2.47. The van der Waals surface area contributed by atoms with Crippen LogP contribution in [0.15, 0.2) is 72.8 Å². The third-order valence-electron chi connectivity index (χ3n) is 6.95. The third kappa shape index (κ3) is 5.50. The van der Waals surface area contributed by atoms with Crippen molar-refractivity contribution in [2.24, 2.45) is 0 Å². The zero-order valence-corrected chi connectivity index (χ0v) is 21.4. The van der Waals surface area contributed by atoms with Crippen molar-refractivity contribution in [1.82, 2.24) is 20.3 Å². The molecule has 3 aromatic carbocycles.